The van der Waals surface area contributed by atoms with Gasteiger partial charge in [0.2, 0.25) is 11.8 Å². The topological polar surface area (TPSA) is 139 Å². The summed E-state index contributed by atoms with van der Waals surface area (Å²) >= 11 is 0. The number of carbonyl (C=O) groups excluding carboxylic acids is 4. The standard InChI is InChI=1S/C26H36N4O7/c1-25(2,3)36-23(33)20-14-16-13-17(7-8-18(16)28-20)27-22(32)19(29-24(34)37-26(4,5)6)15-21(31)30-9-11-35-12-10-30/h7-8,13-14,19,28H,9-12,15H2,1-6H3,(H,27,32)(H,29,34)/t19-/m0/s1. The molecule has 11 nitrogen and oxygen atoms in total. The monoisotopic (exact) mass is 516 g/mol. The molecule has 1 atom stereocenters. The molecular weight excluding hydrogens is 480 g/mol. The van der Waals surface area contributed by atoms with Crippen molar-refractivity contribution >= 4 is 40.5 Å². The van der Waals surface area contributed by atoms with Crippen molar-refractivity contribution in [2.45, 2.75) is 65.2 Å². The van der Waals surface area contributed by atoms with Gasteiger partial charge in [-0.15, -0.1) is 0 Å². The zero-order valence-corrected chi connectivity index (χ0v) is 22.2. The minimum atomic E-state index is -1.16. The van der Waals surface area contributed by atoms with Crippen molar-refractivity contribution < 1.29 is 33.4 Å². The van der Waals surface area contributed by atoms with E-state index in [-0.39, 0.29) is 18.0 Å². The fraction of sp³-hybridized carbons (Fsp3) is 0.538. The third kappa shape index (κ3) is 8.49. The fourth-order valence-corrected chi connectivity index (χ4v) is 3.66. The van der Waals surface area contributed by atoms with Crippen LogP contribution in [0.2, 0.25) is 0 Å². The minimum Gasteiger partial charge on any atom is -0.455 e. The molecule has 2 heterocycles. The van der Waals surface area contributed by atoms with Crippen LogP contribution in [0.25, 0.3) is 10.9 Å². The highest BCUT2D eigenvalue weighted by molar-refractivity contribution is 6.01. The van der Waals surface area contributed by atoms with Crippen LogP contribution in [0, 0.1) is 0 Å². The summed E-state index contributed by atoms with van der Waals surface area (Å²) in [6, 6.07) is 5.53. The molecule has 3 N–H and O–H groups in total. The second-order valence-corrected chi connectivity index (χ2v) is 10.9. The van der Waals surface area contributed by atoms with Gasteiger partial charge in [-0.1, -0.05) is 0 Å². The quantitative estimate of drug-likeness (QED) is 0.501. The van der Waals surface area contributed by atoms with E-state index in [9.17, 15) is 19.2 Å². The number of anilines is 1. The highest BCUT2D eigenvalue weighted by Crippen LogP contribution is 2.22. The molecule has 0 aliphatic carbocycles. The van der Waals surface area contributed by atoms with Gasteiger partial charge < -0.3 is 34.7 Å². The van der Waals surface area contributed by atoms with E-state index in [0.717, 1.165) is 0 Å². The van der Waals surface area contributed by atoms with Gasteiger partial charge in [0, 0.05) is 29.7 Å². The van der Waals surface area contributed by atoms with Crippen LogP contribution in [0.3, 0.4) is 0 Å². The van der Waals surface area contributed by atoms with Crippen LogP contribution < -0.4 is 10.6 Å². The summed E-state index contributed by atoms with van der Waals surface area (Å²) in [5.74, 6) is -1.34. The lowest BCUT2D eigenvalue weighted by atomic mass is 10.1. The molecule has 1 aromatic heterocycles. The molecule has 0 spiro atoms. The number of hydrogen-bond acceptors (Lipinski definition) is 7. The molecule has 1 saturated heterocycles. The number of esters is 1. The zero-order valence-electron chi connectivity index (χ0n) is 22.2. The normalized spacial score (nSPS) is 15.1. The fourth-order valence-electron chi connectivity index (χ4n) is 3.66. The maximum absolute atomic E-state index is 13.2. The molecule has 0 saturated carbocycles. The van der Waals surface area contributed by atoms with E-state index in [1.165, 1.54) is 0 Å². The predicted octanol–water partition coefficient (Wildman–Crippen LogP) is 3.20. The van der Waals surface area contributed by atoms with Gasteiger partial charge in [-0.2, -0.15) is 0 Å². The molecular formula is C26H36N4O7. The Morgan fingerprint density at radius 1 is 1.00 bits per heavy atom. The summed E-state index contributed by atoms with van der Waals surface area (Å²) in [5, 5.41) is 5.96. The Morgan fingerprint density at radius 3 is 2.27 bits per heavy atom. The summed E-state index contributed by atoms with van der Waals surface area (Å²) in [7, 11) is 0. The molecule has 202 valence electrons. The molecule has 37 heavy (non-hydrogen) atoms. The van der Waals surface area contributed by atoms with E-state index >= 15 is 0 Å². The number of carbonyl (C=O) groups is 4. The average Bonchev–Trinajstić information content (AvgIpc) is 3.20. The van der Waals surface area contributed by atoms with Gasteiger partial charge in [-0.25, -0.2) is 9.59 Å². The Labute approximate surface area is 216 Å². The molecule has 1 aromatic carbocycles. The number of nitrogens with zero attached hydrogens (tertiary/aromatic N) is 1. The first-order valence-corrected chi connectivity index (χ1v) is 12.2. The van der Waals surface area contributed by atoms with Crippen molar-refractivity contribution in [1.82, 2.24) is 15.2 Å². The maximum Gasteiger partial charge on any atom is 0.408 e. The van der Waals surface area contributed by atoms with Crippen molar-refractivity contribution in [3.05, 3.63) is 30.0 Å². The van der Waals surface area contributed by atoms with Crippen molar-refractivity contribution in [3.63, 3.8) is 0 Å². The number of rotatable bonds is 6. The Balaban J connectivity index is 1.75. The lowest BCUT2D eigenvalue weighted by Crippen LogP contribution is -2.50. The number of amides is 3. The van der Waals surface area contributed by atoms with Crippen LogP contribution in [0.5, 0.6) is 0 Å². The number of morpholine rings is 1. The number of aromatic amines is 1. The van der Waals surface area contributed by atoms with E-state index < -0.39 is 35.2 Å². The largest absolute Gasteiger partial charge is 0.455 e. The average molecular weight is 517 g/mol. The second kappa shape index (κ2) is 11.2. The molecule has 1 aliphatic rings. The number of hydrogen-bond donors (Lipinski definition) is 3. The number of ether oxygens (including phenoxy) is 3. The lowest BCUT2D eigenvalue weighted by molar-refractivity contribution is -0.137. The first-order chi connectivity index (χ1) is 17.2. The molecule has 11 heteroatoms. The van der Waals surface area contributed by atoms with E-state index in [0.29, 0.717) is 42.9 Å². The summed E-state index contributed by atoms with van der Waals surface area (Å²) in [6.07, 6.45) is -1.04. The Bertz CT molecular complexity index is 1150. The van der Waals surface area contributed by atoms with Crippen LogP contribution in [-0.2, 0) is 23.8 Å². The predicted molar refractivity (Wildman–Crippen MR) is 137 cm³/mol. The number of benzene rings is 1. The van der Waals surface area contributed by atoms with Gasteiger partial charge in [0.05, 0.1) is 19.6 Å². The van der Waals surface area contributed by atoms with E-state index in [2.05, 4.69) is 15.6 Å². The molecule has 2 aromatic rings. The van der Waals surface area contributed by atoms with Gasteiger partial charge in [-0.05, 0) is 65.8 Å². The first kappa shape index (κ1) is 28.0. The van der Waals surface area contributed by atoms with Gasteiger partial charge in [0.1, 0.15) is 22.9 Å². The summed E-state index contributed by atoms with van der Waals surface area (Å²) in [4.78, 5) is 55.4. The molecule has 1 aliphatic heterocycles. The van der Waals surface area contributed by atoms with Crippen LogP contribution >= 0.6 is 0 Å². The van der Waals surface area contributed by atoms with E-state index in [4.69, 9.17) is 14.2 Å². The molecule has 0 radical (unpaired) electrons. The number of fused-ring (bicyclic) bond motifs is 1. The summed E-state index contributed by atoms with van der Waals surface area (Å²) < 4.78 is 16.0. The summed E-state index contributed by atoms with van der Waals surface area (Å²) in [5.41, 5.74) is -0.00638. The summed E-state index contributed by atoms with van der Waals surface area (Å²) in [6.45, 7) is 12.2. The van der Waals surface area contributed by atoms with Gasteiger partial charge in [0.25, 0.3) is 0 Å². The molecule has 3 rings (SSSR count). The van der Waals surface area contributed by atoms with Crippen LogP contribution in [-0.4, -0.2) is 77.3 Å². The van der Waals surface area contributed by atoms with Gasteiger partial charge in [0.15, 0.2) is 0 Å². The zero-order chi connectivity index (χ0) is 27.4. The van der Waals surface area contributed by atoms with Gasteiger partial charge >= 0.3 is 12.1 Å². The van der Waals surface area contributed by atoms with Crippen molar-refractivity contribution in [1.29, 1.82) is 0 Å². The van der Waals surface area contributed by atoms with Crippen molar-refractivity contribution in [2.75, 3.05) is 31.6 Å². The van der Waals surface area contributed by atoms with Crippen molar-refractivity contribution in [3.8, 4) is 0 Å². The lowest BCUT2D eigenvalue weighted by Gasteiger charge is -2.29. The number of alkyl carbamates (subject to hydrolysis) is 1. The smallest absolute Gasteiger partial charge is 0.408 e. The molecule has 1 fully saturated rings. The number of aromatic nitrogens is 1. The van der Waals surface area contributed by atoms with Crippen molar-refractivity contribution in [2.24, 2.45) is 0 Å². The number of H-pyrrole nitrogens is 1. The second-order valence-electron chi connectivity index (χ2n) is 10.9. The highest BCUT2D eigenvalue weighted by atomic mass is 16.6. The van der Waals surface area contributed by atoms with Crippen LogP contribution in [0.4, 0.5) is 10.5 Å². The SMILES string of the molecule is CC(C)(C)OC(=O)N[C@@H](CC(=O)N1CCOCC1)C(=O)Nc1ccc2[nH]c(C(=O)OC(C)(C)C)cc2c1. The first-order valence-electron chi connectivity index (χ1n) is 12.2. The van der Waals surface area contributed by atoms with E-state index in [1.54, 1.807) is 70.7 Å². The Hall–Kier alpha value is -3.60. The molecule has 0 bridgehead atoms. The number of nitrogens with one attached hydrogen (secondary N) is 3. The minimum absolute atomic E-state index is 0.236. The van der Waals surface area contributed by atoms with Crippen LogP contribution in [0.1, 0.15) is 58.5 Å². The highest BCUT2D eigenvalue weighted by Gasteiger charge is 2.29. The Kier molecular flexibility index (Phi) is 8.47. The van der Waals surface area contributed by atoms with Gasteiger partial charge in [-0.3, -0.25) is 9.59 Å². The Morgan fingerprint density at radius 2 is 1.65 bits per heavy atom. The third-order valence-corrected chi connectivity index (χ3v) is 5.26. The third-order valence-electron chi connectivity index (χ3n) is 5.26. The maximum atomic E-state index is 13.2. The molecule has 3 amide bonds. The molecule has 0 unspecified atom stereocenters. The van der Waals surface area contributed by atoms with Crippen LogP contribution in [0.15, 0.2) is 24.3 Å². The van der Waals surface area contributed by atoms with E-state index in [1.807, 2.05) is 0 Å².